The normalized spacial score (nSPS) is 14.8. The van der Waals surface area contributed by atoms with E-state index in [-0.39, 0.29) is 24.0 Å². The van der Waals surface area contributed by atoms with Crippen LogP contribution in [0.25, 0.3) is 5.69 Å². The van der Waals surface area contributed by atoms with Gasteiger partial charge in [-0.15, -0.1) is 0 Å². The van der Waals surface area contributed by atoms with Crippen LogP contribution in [-0.2, 0) is 11.0 Å². The Morgan fingerprint density at radius 1 is 1.22 bits per heavy atom. The Morgan fingerprint density at radius 3 is 2.56 bits per heavy atom. The van der Waals surface area contributed by atoms with Crippen LogP contribution in [0.2, 0.25) is 0 Å². The fourth-order valence-electron chi connectivity index (χ4n) is 3.54. The van der Waals surface area contributed by atoms with Gasteiger partial charge in [-0.3, -0.25) is 4.79 Å². The number of amides is 1. The number of nitrogens with zero attached hydrogens (tertiary/aromatic N) is 3. The predicted molar refractivity (Wildman–Crippen MR) is 111 cm³/mol. The first-order valence-electron chi connectivity index (χ1n) is 10.1. The molecular formula is C22H22F3N5O2. The molecule has 0 radical (unpaired) electrons. The van der Waals surface area contributed by atoms with Gasteiger partial charge in [0.05, 0.1) is 30.6 Å². The first-order valence-corrected chi connectivity index (χ1v) is 10.1. The lowest BCUT2D eigenvalue weighted by atomic mass is 10.0. The molecular weight excluding hydrogens is 423 g/mol. The molecule has 2 N–H and O–H groups in total. The smallest absolute Gasteiger partial charge is 0.416 e. The molecule has 1 aliphatic carbocycles. The van der Waals surface area contributed by atoms with E-state index < -0.39 is 17.6 Å². The molecule has 0 bridgehead atoms. The van der Waals surface area contributed by atoms with Gasteiger partial charge in [0.1, 0.15) is 18.4 Å². The Balaban J connectivity index is 1.49. The van der Waals surface area contributed by atoms with Crippen LogP contribution in [0.5, 0.6) is 5.75 Å². The summed E-state index contributed by atoms with van der Waals surface area (Å²) in [6.45, 7) is -0.0553. The molecule has 32 heavy (non-hydrogen) atoms. The number of anilines is 1. The number of carbonyl (C=O) groups excluding carboxylic acids is 1. The zero-order chi connectivity index (χ0) is 22.7. The van der Waals surface area contributed by atoms with E-state index in [2.05, 4.69) is 20.7 Å². The van der Waals surface area contributed by atoms with Crippen molar-refractivity contribution in [2.75, 3.05) is 19.0 Å². The molecule has 0 aliphatic heterocycles. The van der Waals surface area contributed by atoms with Crippen LogP contribution >= 0.6 is 0 Å². The fourth-order valence-corrected chi connectivity index (χ4v) is 3.54. The maximum atomic E-state index is 13.2. The van der Waals surface area contributed by atoms with Crippen molar-refractivity contribution in [1.29, 1.82) is 0 Å². The SMILES string of the molecule is COc1ccc(C(NCC(=O)Nc2cc(C(F)(F)F)ccc2-n2cncn2)C2CC2)cc1. The molecule has 1 amide bonds. The third-order valence-corrected chi connectivity index (χ3v) is 5.31. The van der Waals surface area contributed by atoms with Crippen molar-refractivity contribution in [2.24, 2.45) is 5.92 Å². The number of ether oxygens (including phenoxy) is 1. The Hall–Kier alpha value is -3.40. The molecule has 0 spiro atoms. The van der Waals surface area contributed by atoms with Crippen LogP contribution in [0.1, 0.15) is 30.0 Å². The summed E-state index contributed by atoms with van der Waals surface area (Å²) in [5.41, 5.74) is 0.462. The molecule has 4 rings (SSSR count). The predicted octanol–water partition coefficient (Wildman–Crippen LogP) is 3.97. The summed E-state index contributed by atoms with van der Waals surface area (Å²) >= 11 is 0. The summed E-state index contributed by atoms with van der Waals surface area (Å²) in [5.74, 6) is 0.701. The first-order chi connectivity index (χ1) is 15.3. The second kappa shape index (κ2) is 8.99. The Labute approximate surface area is 182 Å². The number of benzene rings is 2. The molecule has 1 aromatic heterocycles. The minimum Gasteiger partial charge on any atom is -0.497 e. The zero-order valence-corrected chi connectivity index (χ0v) is 17.3. The Bertz CT molecular complexity index is 1060. The molecule has 1 unspecified atom stereocenters. The van der Waals surface area contributed by atoms with Crippen LogP contribution in [0.15, 0.2) is 55.1 Å². The number of halogens is 3. The van der Waals surface area contributed by atoms with E-state index in [4.69, 9.17) is 4.74 Å². The van der Waals surface area contributed by atoms with E-state index >= 15 is 0 Å². The zero-order valence-electron chi connectivity index (χ0n) is 17.3. The summed E-state index contributed by atoms with van der Waals surface area (Å²) in [5, 5.41) is 9.78. The van der Waals surface area contributed by atoms with Gasteiger partial charge in [0, 0.05) is 6.04 Å². The summed E-state index contributed by atoms with van der Waals surface area (Å²) in [7, 11) is 1.59. The van der Waals surface area contributed by atoms with Gasteiger partial charge in [-0.25, -0.2) is 9.67 Å². The highest BCUT2D eigenvalue weighted by Gasteiger charge is 2.33. The van der Waals surface area contributed by atoms with Crippen molar-refractivity contribution in [3.05, 3.63) is 66.2 Å². The van der Waals surface area contributed by atoms with E-state index in [9.17, 15) is 18.0 Å². The number of aromatic nitrogens is 3. The lowest BCUT2D eigenvalue weighted by Crippen LogP contribution is -2.32. The summed E-state index contributed by atoms with van der Waals surface area (Å²) < 4.78 is 46.1. The monoisotopic (exact) mass is 445 g/mol. The van der Waals surface area contributed by atoms with Gasteiger partial charge in [0.2, 0.25) is 5.91 Å². The van der Waals surface area contributed by atoms with E-state index in [0.29, 0.717) is 5.92 Å². The third-order valence-electron chi connectivity index (χ3n) is 5.31. The topological polar surface area (TPSA) is 81.1 Å². The number of hydrogen-bond acceptors (Lipinski definition) is 5. The minimum atomic E-state index is -4.54. The highest BCUT2D eigenvalue weighted by molar-refractivity contribution is 5.94. The highest BCUT2D eigenvalue weighted by Crippen LogP contribution is 2.41. The molecule has 0 saturated heterocycles. The van der Waals surface area contributed by atoms with Crippen molar-refractivity contribution in [3.8, 4) is 11.4 Å². The lowest BCUT2D eigenvalue weighted by molar-refractivity contribution is -0.137. The average Bonchev–Trinajstić information content (AvgIpc) is 3.46. The van der Waals surface area contributed by atoms with Crippen LogP contribution in [0.4, 0.5) is 18.9 Å². The van der Waals surface area contributed by atoms with E-state index in [1.807, 2.05) is 24.3 Å². The van der Waals surface area contributed by atoms with Crippen LogP contribution in [0.3, 0.4) is 0 Å². The van der Waals surface area contributed by atoms with E-state index in [1.54, 1.807) is 7.11 Å². The summed E-state index contributed by atoms with van der Waals surface area (Å²) in [6, 6.07) is 10.7. The van der Waals surface area contributed by atoms with Crippen molar-refractivity contribution in [2.45, 2.75) is 25.1 Å². The number of rotatable bonds is 8. The molecule has 1 atom stereocenters. The molecule has 1 heterocycles. The van der Waals surface area contributed by atoms with Crippen LogP contribution < -0.4 is 15.4 Å². The molecule has 3 aromatic rings. The third kappa shape index (κ3) is 5.08. The van der Waals surface area contributed by atoms with Gasteiger partial charge in [-0.05, 0) is 54.7 Å². The largest absolute Gasteiger partial charge is 0.497 e. The average molecular weight is 445 g/mol. The highest BCUT2D eigenvalue weighted by atomic mass is 19.4. The van der Waals surface area contributed by atoms with Crippen molar-refractivity contribution < 1.29 is 22.7 Å². The fraction of sp³-hybridized carbons (Fsp3) is 0.318. The Morgan fingerprint density at radius 2 is 1.97 bits per heavy atom. The molecule has 168 valence electrons. The number of carbonyl (C=O) groups is 1. The molecule has 10 heteroatoms. The molecule has 1 aliphatic rings. The van der Waals surface area contributed by atoms with Crippen LogP contribution in [0, 0.1) is 5.92 Å². The molecule has 1 saturated carbocycles. The number of hydrogen-bond donors (Lipinski definition) is 2. The summed E-state index contributed by atoms with van der Waals surface area (Å²) in [6.07, 6.45) is 0.179. The molecule has 7 nitrogen and oxygen atoms in total. The van der Waals surface area contributed by atoms with E-state index in [1.165, 1.54) is 23.4 Å². The number of alkyl halides is 3. The van der Waals surface area contributed by atoms with Crippen molar-refractivity contribution in [3.63, 3.8) is 0 Å². The van der Waals surface area contributed by atoms with Crippen molar-refractivity contribution >= 4 is 11.6 Å². The minimum absolute atomic E-state index is 0.00421. The lowest BCUT2D eigenvalue weighted by Gasteiger charge is -2.20. The van der Waals surface area contributed by atoms with E-state index in [0.717, 1.165) is 36.3 Å². The quantitative estimate of drug-likeness (QED) is 0.548. The summed E-state index contributed by atoms with van der Waals surface area (Å²) in [4.78, 5) is 16.5. The van der Waals surface area contributed by atoms with Gasteiger partial charge < -0.3 is 15.4 Å². The number of nitrogens with one attached hydrogen (secondary N) is 2. The molecule has 2 aromatic carbocycles. The maximum Gasteiger partial charge on any atom is 0.416 e. The van der Waals surface area contributed by atoms with Gasteiger partial charge >= 0.3 is 6.18 Å². The van der Waals surface area contributed by atoms with Gasteiger partial charge in [-0.2, -0.15) is 18.3 Å². The second-order valence-corrected chi connectivity index (χ2v) is 7.59. The number of methoxy groups -OCH3 is 1. The van der Waals surface area contributed by atoms with Crippen molar-refractivity contribution in [1.82, 2.24) is 20.1 Å². The first kappa shape index (κ1) is 21.8. The standard InChI is InChI=1S/C22H22F3N5O2/c1-32-17-7-4-15(5-8-17)21(14-2-3-14)27-11-20(31)29-18-10-16(22(23,24)25)6-9-19(18)30-13-26-12-28-30/h4-10,12-14,21,27H,2-3,11H2,1H3,(H,29,31). The van der Waals surface area contributed by atoms with Gasteiger partial charge in [0.15, 0.2) is 0 Å². The van der Waals surface area contributed by atoms with Gasteiger partial charge in [0.25, 0.3) is 0 Å². The second-order valence-electron chi connectivity index (χ2n) is 7.59. The van der Waals surface area contributed by atoms with Gasteiger partial charge in [-0.1, -0.05) is 12.1 Å². The Kier molecular flexibility index (Phi) is 6.13. The molecule has 1 fully saturated rings. The maximum absolute atomic E-state index is 13.2. The van der Waals surface area contributed by atoms with Crippen LogP contribution in [-0.4, -0.2) is 34.3 Å².